The van der Waals surface area contributed by atoms with E-state index in [0.717, 1.165) is 29.0 Å². The quantitative estimate of drug-likeness (QED) is 0.787. The number of hydrogen-bond donors (Lipinski definition) is 1. The molecule has 2 aliphatic rings. The van der Waals surface area contributed by atoms with Gasteiger partial charge in [0, 0.05) is 17.8 Å². The van der Waals surface area contributed by atoms with Crippen molar-refractivity contribution in [2.45, 2.75) is 25.2 Å². The highest BCUT2D eigenvalue weighted by Crippen LogP contribution is 2.57. The molecule has 2 N–H and O–H groups in total. The summed E-state index contributed by atoms with van der Waals surface area (Å²) in [6, 6.07) is 3.81. The molecule has 2 atom stereocenters. The Morgan fingerprint density at radius 1 is 1.12 bits per heavy atom. The van der Waals surface area contributed by atoms with Gasteiger partial charge in [0.15, 0.2) is 5.65 Å². The molecule has 0 saturated heterocycles. The molecule has 2 fully saturated rings. The summed E-state index contributed by atoms with van der Waals surface area (Å²) in [5.74, 6) is 3.65. The van der Waals surface area contributed by atoms with Crippen LogP contribution < -0.4 is 5.73 Å². The Morgan fingerprint density at radius 3 is 2.75 bits per heavy atom. The molecule has 0 amide bonds. The lowest BCUT2D eigenvalue weighted by atomic mass is 10.0. The van der Waals surface area contributed by atoms with Crippen LogP contribution in [0.1, 0.15) is 31.0 Å². The second-order valence-corrected chi connectivity index (χ2v) is 5.17. The van der Waals surface area contributed by atoms with E-state index in [1.54, 1.807) is 0 Å². The minimum absolute atomic E-state index is 0.598. The Hall–Kier alpha value is -1.58. The van der Waals surface area contributed by atoms with Crippen molar-refractivity contribution in [3.8, 4) is 0 Å². The fourth-order valence-corrected chi connectivity index (χ4v) is 3.13. The molecule has 4 heteroatoms. The van der Waals surface area contributed by atoms with E-state index < -0.39 is 0 Å². The van der Waals surface area contributed by atoms with Crippen molar-refractivity contribution in [2.75, 3.05) is 5.73 Å². The zero-order valence-corrected chi connectivity index (χ0v) is 9.00. The van der Waals surface area contributed by atoms with Crippen molar-refractivity contribution in [1.82, 2.24) is 14.6 Å². The molecule has 0 radical (unpaired) electrons. The van der Waals surface area contributed by atoms with Crippen LogP contribution in [0.15, 0.2) is 18.3 Å². The zero-order chi connectivity index (χ0) is 10.7. The molecule has 2 saturated carbocycles. The summed E-state index contributed by atoms with van der Waals surface area (Å²) in [6.07, 6.45) is 5.96. The standard InChI is InChI=1S/C12H14N4/c13-10-1-2-11-14-15-12(16(11)6-10)9-4-7-3-8(7)5-9/h1-2,6-9H,3-5,13H2. The Kier molecular flexibility index (Phi) is 1.47. The number of nitrogens with zero attached hydrogens (tertiary/aromatic N) is 3. The van der Waals surface area contributed by atoms with Gasteiger partial charge in [0.05, 0.1) is 0 Å². The maximum atomic E-state index is 5.81. The van der Waals surface area contributed by atoms with Gasteiger partial charge in [-0.25, -0.2) is 0 Å². The van der Waals surface area contributed by atoms with Gasteiger partial charge >= 0.3 is 0 Å². The van der Waals surface area contributed by atoms with Gasteiger partial charge < -0.3 is 5.73 Å². The third kappa shape index (κ3) is 1.10. The molecule has 2 heterocycles. The SMILES string of the molecule is Nc1ccc2nnc(C3CC4CC4C3)n2c1. The van der Waals surface area contributed by atoms with Crippen LogP contribution in [0.4, 0.5) is 5.69 Å². The first kappa shape index (κ1) is 8.56. The van der Waals surface area contributed by atoms with Crippen molar-refractivity contribution in [3.05, 3.63) is 24.2 Å². The Bertz CT molecular complexity index is 549. The summed E-state index contributed by atoms with van der Waals surface area (Å²) in [6.45, 7) is 0. The topological polar surface area (TPSA) is 56.2 Å². The third-order valence-electron chi connectivity index (χ3n) is 4.06. The minimum atomic E-state index is 0.598. The summed E-state index contributed by atoms with van der Waals surface area (Å²) < 4.78 is 2.06. The molecular formula is C12H14N4. The lowest BCUT2D eigenvalue weighted by Gasteiger charge is -2.09. The highest BCUT2D eigenvalue weighted by molar-refractivity contribution is 5.47. The molecule has 0 aromatic carbocycles. The van der Waals surface area contributed by atoms with Gasteiger partial charge in [-0.15, -0.1) is 10.2 Å². The molecule has 4 nitrogen and oxygen atoms in total. The summed E-state index contributed by atoms with van der Waals surface area (Å²) in [7, 11) is 0. The number of rotatable bonds is 1. The van der Waals surface area contributed by atoms with Crippen LogP contribution in [0.5, 0.6) is 0 Å². The largest absolute Gasteiger partial charge is 0.398 e. The van der Waals surface area contributed by atoms with Crippen LogP contribution in [0, 0.1) is 11.8 Å². The Morgan fingerprint density at radius 2 is 1.94 bits per heavy atom. The molecule has 4 rings (SSSR count). The molecule has 2 aromatic rings. The molecule has 2 aliphatic carbocycles. The Labute approximate surface area is 93.5 Å². The fraction of sp³-hybridized carbons (Fsp3) is 0.500. The monoisotopic (exact) mass is 214 g/mol. The van der Waals surface area contributed by atoms with Gasteiger partial charge in [0.25, 0.3) is 0 Å². The number of anilines is 1. The average molecular weight is 214 g/mol. The average Bonchev–Trinajstić information content (AvgIpc) is 2.75. The van der Waals surface area contributed by atoms with E-state index in [0.29, 0.717) is 5.92 Å². The van der Waals surface area contributed by atoms with Crippen molar-refractivity contribution >= 4 is 11.3 Å². The molecular weight excluding hydrogens is 200 g/mol. The van der Waals surface area contributed by atoms with Gasteiger partial charge in [-0.05, 0) is 43.2 Å². The van der Waals surface area contributed by atoms with Crippen molar-refractivity contribution in [3.63, 3.8) is 0 Å². The number of pyridine rings is 1. The summed E-state index contributed by atoms with van der Waals surface area (Å²) in [4.78, 5) is 0. The maximum Gasteiger partial charge on any atom is 0.160 e. The first-order chi connectivity index (χ1) is 7.81. The van der Waals surface area contributed by atoms with Crippen LogP contribution in [0.3, 0.4) is 0 Å². The van der Waals surface area contributed by atoms with Crippen molar-refractivity contribution in [2.24, 2.45) is 11.8 Å². The fourth-order valence-electron chi connectivity index (χ4n) is 3.13. The van der Waals surface area contributed by atoms with Crippen LogP contribution >= 0.6 is 0 Å². The minimum Gasteiger partial charge on any atom is -0.398 e. The number of nitrogens with two attached hydrogens (primary N) is 1. The van der Waals surface area contributed by atoms with E-state index >= 15 is 0 Å². The van der Waals surface area contributed by atoms with Crippen LogP contribution in [0.2, 0.25) is 0 Å². The summed E-state index contributed by atoms with van der Waals surface area (Å²) in [5, 5.41) is 8.53. The number of fused-ring (bicyclic) bond motifs is 2. The number of aromatic nitrogens is 3. The first-order valence-corrected chi connectivity index (χ1v) is 5.91. The second-order valence-electron chi connectivity index (χ2n) is 5.17. The van der Waals surface area contributed by atoms with Crippen molar-refractivity contribution < 1.29 is 0 Å². The summed E-state index contributed by atoms with van der Waals surface area (Å²) in [5.41, 5.74) is 7.49. The van der Waals surface area contributed by atoms with E-state index in [-0.39, 0.29) is 0 Å². The molecule has 16 heavy (non-hydrogen) atoms. The van der Waals surface area contributed by atoms with Gasteiger partial charge in [0.2, 0.25) is 0 Å². The lowest BCUT2D eigenvalue weighted by Crippen LogP contribution is -2.03. The smallest absolute Gasteiger partial charge is 0.160 e. The summed E-state index contributed by atoms with van der Waals surface area (Å²) >= 11 is 0. The van der Waals surface area contributed by atoms with Crippen LogP contribution in [0.25, 0.3) is 5.65 Å². The molecule has 0 bridgehead atoms. The van der Waals surface area contributed by atoms with E-state index in [9.17, 15) is 0 Å². The van der Waals surface area contributed by atoms with E-state index in [4.69, 9.17) is 5.73 Å². The van der Waals surface area contributed by atoms with Crippen LogP contribution in [-0.4, -0.2) is 14.6 Å². The first-order valence-electron chi connectivity index (χ1n) is 5.91. The van der Waals surface area contributed by atoms with Crippen LogP contribution in [-0.2, 0) is 0 Å². The van der Waals surface area contributed by atoms with Crippen molar-refractivity contribution in [1.29, 1.82) is 0 Å². The molecule has 0 spiro atoms. The number of nitrogen functional groups attached to an aromatic ring is 1. The normalized spacial score (nSPS) is 31.9. The zero-order valence-electron chi connectivity index (χ0n) is 9.00. The predicted molar refractivity (Wildman–Crippen MR) is 61.0 cm³/mol. The Balaban J connectivity index is 1.81. The predicted octanol–water partition coefficient (Wildman–Crippen LogP) is 1.83. The van der Waals surface area contributed by atoms with E-state index in [1.807, 2.05) is 18.3 Å². The molecule has 82 valence electrons. The third-order valence-corrected chi connectivity index (χ3v) is 4.06. The van der Waals surface area contributed by atoms with E-state index in [2.05, 4.69) is 14.6 Å². The molecule has 2 aromatic heterocycles. The molecule has 2 unspecified atom stereocenters. The lowest BCUT2D eigenvalue weighted by molar-refractivity contribution is 0.584. The van der Waals surface area contributed by atoms with Gasteiger partial charge in [0.1, 0.15) is 5.82 Å². The van der Waals surface area contributed by atoms with Gasteiger partial charge in [-0.1, -0.05) is 0 Å². The highest BCUT2D eigenvalue weighted by Gasteiger charge is 2.47. The molecule has 0 aliphatic heterocycles. The number of hydrogen-bond acceptors (Lipinski definition) is 3. The van der Waals surface area contributed by atoms with Gasteiger partial charge in [-0.2, -0.15) is 0 Å². The highest BCUT2D eigenvalue weighted by atomic mass is 15.2. The second kappa shape index (κ2) is 2.75. The van der Waals surface area contributed by atoms with E-state index in [1.165, 1.54) is 19.3 Å². The maximum absolute atomic E-state index is 5.81. The van der Waals surface area contributed by atoms with Gasteiger partial charge in [-0.3, -0.25) is 4.40 Å².